The van der Waals surface area contributed by atoms with Gasteiger partial charge in [0.2, 0.25) is 0 Å². The molecular weight excluding hydrogens is 383 g/mol. The topological polar surface area (TPSA) is 70.2 Å². The van der Waals surface area contributed by atoms with Crippen LogP contribution in [0, 0.1) is 0 Å². The van der Waals surface area contributed by atoms with Crippen molar-refractivity contribution in [2.24, 2.45) is 0 Å². The number of hydrogen-bond donors (Lipinski definition) is 2. The van der Waals surface area contributed by atoms with Gasteiger partial charge in [0.05, 0.1) is 11.5 Å². The molecule has 0 aliphatic rings. The number of carbonyl (C=O) groups excluding carboxylic acids is 1. The van der Waals surface area contributed by atoms with Crippen molar-refractivity contribution in [1.29, 1.82) is 0 Å². The summed E-state index contributed by atoms with van der Waals surface area (Å²) in [6.45, 7) is 0. The summed E-state index contributed by atoms with van der Waals surface area (Å²) >= 11 is 5.77. The van der Waals surface area contributed by atoms with Crippen molar-refractivity contribution in [3.63, 3.8) is 0 Å². The van der Waals surface area contributed by atoms with Crippen LogP contribution in [0.4, 0.5) is 13.2 Å². The summed E-state index contributed by atoms with van der Waals surface area (Å²) in [6.07, 6.45) is -3.61. The molecule has 0 radical (unpaired) electrons. The van der Waals surface area contributed by atoms with Gasteiger partial charge < -0.3 is 10.1 Å². The molecule has 0 aliphatic carbocycles. The molecular formula is C19H13ClF3NO3. The van der Waals surface area contributed by atoms with Gasteiger partial charge in [-0.2, -0.15) is 13.2 Å². The molecule has 2 aromatic carbocycles. The third-order valence-corrected chi connectivity index (χ3v) is 4.52. The highest BCUT2D eigenvalue weighted by atomic mass is 35.5. The van der Waals surface area contributed by atoms with Crippen molar-refractivity contribution >= 4 is 34.3 Å². The molecule has 140 valence electrons. The van der Waals surface area contributed by atoms with E-state index in [0.29, 0.717) is 10.5 Å². The number of ketones is 1. The second kappa shape index (κ2) is 7.08. The molecule has 1 unspecified atom stereocenters. The summed E-state index contributed by atoms with van der Waals surface area (Å²) in [6, 6.07) is 9.00. The third-order valence-electron chi connectivity index (χ3n) is 4.27. The van der Waals surface area contributed by atoms with E-state index >= 15 is 0 Å². The fourth-order valence-corrected chi connectivity index (χ4v) is 3.00. The van der Waals surface area contributed by atoms with Crippen LogP contribution in [-0.4, -0.2) is 21.8 Å². The number of alkyl halides is 3. The lowest BCUT2D eigenvalue weighted by Gasteiger charge is -2.12. The second-order valence-electron chi connectivity index (χ2n) is 6.03. The number of Topliss-reactive ketones (excluding diaryl/α,β-unsaturated/α-hetero) is 1. The molecule has 8 heteroatoms. The number of carboxylic acid groups (broad SMARTS) is 1. The van der Waals surface area contributed by atoms with Gasteiger partial charge in [0.15, 0.2) is 5.78 Å². The Morgan fingerprint density at radius 3 is 2.37 bits per heavy atom. The number of H-pyrrole nitrogens is 1. The first-order valence-electron chi connectivity index (χ1n) is 7.86. The van der Waals surface area contributed by atoms with E-state index in [1.54, 1.807) is 0 Å². The van der Waals surface area contributed by atoms with Gasteiger partial charge in [-0.1, -0.05) is 11.6 Å². The van der Waals surface area contributed by atoms with Crippen molar-refractivity contribution in [3.05, 3.63) is 70.4 Å². The van der Waals surface area contributed by atoms with E-state index in [1.807, 2.05) is 0 Å². The lowest BCUT2D eigenvalue weighted by molar-refractivity contribution is -0.139. The molecule has 3 aromatic rings. The average Bonchev–Trinajstić information content (AvgIpc) is 3.02. The number of rotatable bonds is 5. The molecule has 1 atom stereocenters. The predicted octanol–water partition coefficient (Wildman–Crippen LogP) is 5.28. The monoisotopic (exact) mass is 395 g/mol. The van der Waals surface area contributed by atoms with E-state index in [4.69, 9.17) is 11.6 Å². The molecule has 27 heavy (non-hydrogen) atoms. The smallest absolute Gasteiger partial charge is 0.416 e. The van der Waals surface area contributed by atoms with Gasteiger partial charge in [-0.3, -0.25) is 9.59 Å². The lowest BCUT2D eigenvalue weighted by atomic mass is 9.91. The first kappa shape index (κ1) is 19.0. The quantitative estimate of drug-likeness (QED) is 0.577. The molecule has 0 amide bonds. The minimum atomic E-state index is -4.55. The number of benzene rings is 2. The number of carbonyl (C=O) groups is 2. The third kappa shape index (κ3) is 3.98. The highest BCUT2D eigenvalue weighted by molar-refractivity contribution is 6.30. The van der Waals surface area contributed by atoms with E-state index in [2.05, 4.69) is 4.98 Å². The van der Waals surface area contributed by atoms with Gasteiger partial charge in [0.1, 0.15) is 0 Å². The molecule has 3 rings (SSSR count). The lowest BCUT2D eigenvalue weighted by Crippen LogP contribution is -2.16. The minimum absolute atomic E-state index is 0.126. The van der Waals surface area contributed by atoms with Crippen LogP contribution < -0.4 is 0 Å². The van der Waals surface area contributed by atoms with Crippen molar-refractivity contribution in [3.8, 4) is 0 Å². The Bertz CT molecular complexity index is 1010. The van der Waals surface area contributed by atoms with E-state index in [-0.39, 0.29) is 22.9 Å². The Morgan fingerprint density at radius 2 is 1.78 bits per heavy atom. The summed E-state index contributed by atoms with van der Waals surface area (Å²) in [5.74, 6) is -3.03. The SMILES string of the molecule is O=C(CC(C(=O)O)c1c[nH]c2ccc(C(F)(F)F)cc12)c1ccc(Cl)cc1. The summed E-state index contributed by atoms with van der Waals surface area (Å²) in [7, 11) is 0. The van der Waals surface area contributed by atoms with Crippen molar-refractivity contribution < 1.29 is 27.9 Å². The van der Waals surface area contributed by atoms with Crippen LogP contribution in [0.25, 0.3) is 10.9 Å². The van der Waals surface area contributed by atoms with Crippen LogP contribution in [0.1, 0.15) is 33.8 Å². The number of fused-ring (bicyclic) bond motifs is 1. The van der Waals surface area contributed by atoms with Gasteiger partial charge >= 0.3 is 12.1 Å². The molecule has 1 heterocycles. The number of carboxylic acids is 1. The summed E-state index contributed by atoms with van der Waals surface area (Å²) in [5.41, 5.74) is -0.111. The molecule has 0 fully saturated rings. The maximum absolute atomic E-state index is 13.0. The number of aromatic nitrogens is 1. The number of nitrogens with one attached hydrogen (secondary N) is 1. The molecule has 0 aliphatic heterocycles. The zero-order chi connectivity index (χ0) is 19.8. The zero-order valence-corrected chi connectivity index (χ0v) is 14.4. The van der Waals surface area contributed by atoms with Gasteiger partial charge in [0.25, 0.3) is 0 Å². The first-order chi connectivity index (χ1) is 12.7. The van der Waals surface area contributed by atoms with Crippen LogP contribution in [0.3, 0.4) is 0 Å². The summed E-state index contributed by atoms with van der Waals surface area (Å²) in [5, 5.41) is 10.1. The number of hydrogen-bond acceptors (Lipinski definition) is 2. The molecule has 0 bridgehead atoms. The Morgan fingerprint density at radius 1 is 1.11 bits per heavy atom. The van der Waals surface area contributed by atoms with Crippen molar-refractivity contribution in [1.82, 2.24) is 4.98 Å². The molecule has 2 N–H and O–H groups in total. The normalized spacial score (nSPS) is 12.9. The Balaban J connectivity index is 1.98. The second-order valence-corrected chi connectivity index (χ2v) is 6.46. The maximum atomic E-state index is 13.0. The van der Waals surface area contributed by atoms with Gasteiger partial charge in [-0.15, -0.1) is 0 Å². The van der Waals surface area contributed by atoms with Gasteiger partial charge in [0, 0.05) is 34.1 Å². The fourth-order valence-electron chi connectivity index (χ4n) is 2.88. The number of aromatic amines is 1. The Kier molecular flexibility index (Phi) is 4.97. The Labute approximate surface area is 156 Å². The Hall–Kier alpha value is -2.80. The molecule has 1 aromatic heterocycles. The molecule has 4 nitrogen and oxygen atoms in total. The van der Waals surface area contributed by atoms with Crippen molar-refractivity contribution in [2.75, 3.05) is 0 Å². The maximum Gasteiger partial charge on any atom is 0.416 e. The van der Waals surface area contributed by atoms with E-state index in [0.717, 1.165) is 12.1 Å². The zero-order valence-electron chi connectivity index (χ0n) is 13.7. The van der Waals surface area contributed by atoms with Crippen LogP contribution in [0.15, 0.2) is 48.7 Å². The molecule has 0 spiro atoms. The minimum Gasteiger partial charge on any atom is -0.481 e. The highest BCUT2D eigenvalue weighted by Crippen LogP contribution is 2.35. The first-order valence-corrected chi connectivity index (χ1v) is 8.24. The molecule has 0 saturated carbocycles. The van der Waals surface area contributed by atoms with E-state index in [1.165, 1.54) is 36.5 Å². The molecule has 0 saturated heterocycles. The van der Waals surface area contributed by atoms with E-state index < -0.39 is 29.4 Å². The summed E-state index contributed by atoms with van der Waals surface area (Å²) in [4.78, 5) is 26.9. The highest BCUT2D eigenvalue weighted by Gasteiger charge is 2.32. The average molecular weight is 396 g/mol. The van der Waals surface area contributed by atoms with Gasteiger partial charge in [-0.05, 0) is 48.0 Å². The van der Waals surface area contributed by atoms with Crippen molar-refractivity contribution in [2.45, 2.75) is 18.5 Å². The number of halogens is 4. The number of aliphatic carboxylic acids is 1. The van der Waals surface area contributed by atoms with Crippen LogP contribution in [-0.2, 0) is 11.0 Å². The fraction of sp³-hybridized carbons (Fsp3) is 0.158. The predicted molar refractivity (Wildman–Crippen MR) is 94.1 cm³/mol. The largest absolute Gasteiger partial charge is 0.481 e. The van der Waals surface area contributed by atoms with Crippen LogP contribution in [0.2, 0.25) is 5.02 Å². The van der Waals surface area contributed by atoms with Crippen LogP contribution >= 0.6 is 11.6 Å². The standard InChI is InChI=1S/C19H13ClF3NO3/c20-12-4-1-10(2-5-12)17(25)8-14(18(26)27)15-9-24-16-6-3-11(7-13(15)16)19(21,22)23/h1-7,9,14,24H,8H2,(H,26,27). The summed E-state index contributed by atoms with van der Waals surface area (Å²) < 4.78 is 39.0. The van der Waals surface area contributed by atoms with Crippen LogP contribution in [0.5, 0.6) is 0 Å². The van der Waals surface area contributed by atoms with Gasteiger partial charge in [-0.25, -0.2) is 0 Å². The van der Waals surface area contributed by atoms with E-state index in [9.17, 15) is 27.9 Å².